The Hall–Kier alpha value is -3.23. The van der Waals surface area contributed by atoms with Crippen LogP contribution in [0.4, 0.5) is 0 Å². The molecular formula is C26H33N3O6. The lowest BCUT2D eigenvalue weighted by Gasteiger charge is -2.32. The topological polar surface area (TPSA) is 113 Å². The van der Waals surface area contributed by atoms with Crippen LogP contribution in [0.25, 0.3) is 0 Å². The van der Waals surface area contributed by atoms with Crippen LogP contribution in [0.3, 0.4) is 0 Å². The van der Waals surface area contributed by atoms with Gasteiger partial charge in [-0.25, -0.2) is 0 Å². The van der Waals surface area contributed by atoms with Crippen molar-refractivity contribution in [3.63, 3.8) is 0 Å². The number of nitrogens with one attached hydrogen (secondary N) is 1. The number of fused-ring (bicyclic) bond motifs is 1. The van der Waals surface area contributed by atoms with Gasteiger partial charge in [0, 0.05) is 38.0 Å². The zero-order valence-corrected chi connectivity index (χ0v) is 20.6. The van der Waals surface area contributed by atoms with Crippen molar-refractivity contribution < 1.29 is 28.7 Å². The lowest BCUT2D eigenvalue weighted by molar-refractivity contribution is -0.162. The van der Waals surface area contributed by atoms with Gasteiger partial charge in [0.1, 0.15) is 11.6 Å². The molecule has 0 aliphatic carbocycles. The number of carbonyl (C=O) groups is 5. The number of likely N-dealkylation sites (tertiary alicyclic amines) is 1. The number of rotatable bonds is 5. The standard InChI is InChI=1S/C26H33N3O6/c1-26(2,3)35-25(34)17-11-13-28(14-12-17)22(31)10-7-16-5-4-6-18-19(16)15-29(24(18)33)20-8-9-21(30)27-23(20)32/h4-6,17,20H,7-15H2,1-3H3,(H,27,30,32). The maximum absolute atomic E-state index is 13.0. The Kier molecular flexibility index (Phi) is 6.96. The third-order valence-corrected chi connectivity index (χ3v) is 6.88. The van der Waals surface area contributed by atoms with Gasteiger partial charge in [-0.05, 0) is 63.6 Å². The molecule has 9 nitrogen and oxygen atoms in total. The number of aryl methyl sites for hydroxylation is 1. The second kappa shape index (κ2) is 9.79. The second-order valence-corrected chi connectivity index (χ2v) is 10.5. The normalized spacial score (nSPS) is 21.1. The number of benzene rings is 1. The van der Waals surface area contributed by atoms with Gasteiger partial charge in [-0.1, -0.05) is 12.1 Å². The van der Waals surface area contributed by atoms with Gasteiger partial charge in [0.25, 0.3) is 5.91 Å². The molecule has 4 rings (SSSR count). The fourth-order valence-electron chi connectivity index (χ4n) is 5.03. The summed E-state index contributed by atoms with van der Waals surface area (Å²) in [5.74, 6) is -1.32. The van der Waals surface area contributed by atoms with Crippen LogP contribution in [0.2, 0.25) is 0 Å². The molecule has 3 heterocycles. The Bertz CT molecular complexity index is 1050. The van der Waals surface area contributed by atoms with Crippen LogP contribution in [0, 0.1) is 5.92 Å². The predicted molar refractivity (Wildman–Crippen MR) is 126 cm³/mol. The average molecular weight is 484 g/mol. The van der Waals surface area contributed by atoms with E-state index in [1.54, 1.807) is 17.0 Å². The molecule has 2 fully saturated rings. The van der Waals surface area contributed by atoms with Gasteiger partial charge in [0.2, 0.25) is 17.7 Å². The van der Waals surface area contributed by atoms with E-state index in [1.807, 2.05) is 26.8 Å². The highest BCUT2D eigenvalue weighted by Gasteiger charge is 2.39. The minimum absolute atomic E-state index is 0.0246. The molecule has 0 radical (unpaired) electrons. The molecule has 1 N–H and O–H groups in total. The fraction of sp³-hybridized carbons (Fsp3) is 0.577. The minimum Gasteiger partial charge on any atom is -0.460 e. The maximum atomic E-state index is 13.0. The molecule has 1 atom stereocenters. The smallest absolute Gasteiger partial charge is 0.309 e. The SMILES string of the molecule is CC(C)(C)OC(=O)C1CCN(C(=O)CCc2cccc3c2CN(C2CCC(=O)NC2=O)C3=O)CC1. The molecule has 4 amide bonds. The molecule has 0 spiro atoms. The molecule has 9 heteroatoms. The highest BCUT2D eigenvalue weighted by Crippen LogP contribution is 2.30. The van der Waals surface area contributed by atoms with E-state index in [0.717, 1.165) is 11.1 Å². The van der Waals surface area contributed by atoms with Crippen molar-refractivity contribution in [2.75, 3.05) is 13.1 Å². The highest BCUT2D eigenvalue weighted by atomic mass is 16.6. The summed E-state index contributed by atoms with van der Waals surface area (Å²) in [4.78, 5) is 65.3. The monoisotopic (exact) mass is 483 g/mol. The molecule has 0 aromatic heterocycles. The lowest BCUT2D eigenvalue weighted by Crippen LogP contribution is -2.52. The Morgan fingerprint density at radius 1 is 1.09 bits per heavy atom. The third-order valence-electron chi connectivity index (χ3n) is 6.88. The number of hydrogen-bond acceptors (Lipinski definition) is 6. The number of esters is 1. The third kappa shape index (κ3) is 5.55. The molecule has 0 saturated carbocycles. The molecule has 2 saturated heterocycles. The number of piperidine rings is 2. The number of ether oxygens (including phenoxy) is 1. The van der Waals surface area contributed by atoms with Gasteiger partial charge in [-0.2, -0.15) is 0 Å². The largest absolute Gasteiger partial charge is 0.460 e. The summed E-state index contributed by atoms with van der Waals surface area (Å²) in [7, 11) is 0. The Balaban J connectivity index is 1.33. The van der Waals surface area contributed by atoms with Crippen molar-refractivity contribution in [1.29, 1.82) is 0 Å². The first kappa shape index (κ1) is 24.9. The molecule has 0 bridgehead atoms. The summed E-state index contributed by atoms with van der Waals surface area (Å²) in [5, 5.41) is 2.31. The summed E-state index contributed by atoms with van der Waals surface area (Å²) in [6.45, 7) is 6.89. The van der Waals surface area contributed by atoms with E-state index in [9.17, 15) is 24.0 Å². The van der Waals surface area contributed by atoms with Crippen molar-refractivity contribution in [1.82, 2.24) is 15.1 Å². The number of amides is 4. The lowest BCUT2D eigenvalue weighted by atomic mass is 9.95. The van der Waals surface area contributed by atoms with Gasteiger partial charge in [0.05, 0.1) is 5.92 Å². The minimum atomic E-state index is -0.659. The summed E-state index contributed by atoms with van der Waals surface area (Å²) in [5.41, 5.74) is 1.80. The quantitative estimate of drug-likeness (QED) is 0.506. The van der Waals surface area contributed by atoms with Crippen LogP contribution >= 0.6 is 0 Å². The van der Waals surface area contributed by atoms with Crippen LogP contribution < -0.4 is 5.32 Å². The van der Waals surface area contributed by atoms with Crippen LogP contribution in [0.5, 0.6) is 0 Å². The van der Waals surface area contributed by atoms with Gasteiger partial charge in [-0.3, -0.25) is 29.3 Å². The van der Waals surface area contributed by atoms with Crippen molar-refractivity contribution in [3.8, 4) is 0 Å². The maximum Gasteiger partial charge on any atom is 0.309 e. The summed E-state index contributed by atoms with van der Waals surface area (Å²) >= 11 is 0. The Morgan fingerprint density at radius 2 is 1.80 bits per heavy atom. The van der Waals surface area contributed by atoms with E-state index in [4.69, 9.17) is 4.74 Å². The van der Waals surface area contributed by atoms with Gasteiger partial charge < -0.3 is 14.5 Å². The molecule has 3 aliphatic rings. The first-order valence-corrected chi connectivity index (χ1v) is 12.3. The van der Waals surface area contributed by atoms with E-state index in [1.165, 1.54) is 4.90 Å². The first-order chi connectivity index (χ1) is 16.5. The molecule has 1 aromatic carbocycles. The van der Waals surface area contributed by atoms with E-state index < -0.39 is 17.6 Å². The molecule has 1 unspecified atom stereocenters. The van der Waals surface area contributed by atoms with Crippen molar-refractivity contribution in [2.24, 2.45) is 5.92 Å². The summed E-state index contributed by atoms with van der Waals surface area (Å²) < 4.78 is 5.48. The average Bonchev–Trinajstić information content (AvgIpc) is 3.13. The number of hydrogen-bond donors (Lipinski definition) is 1. The highest BCUT2D eigenvalue weighted by molar-refractivity contribution is 6.05. The molecule has 3 aliphatic heterocycles. The Labute approximate surface area is 205 Å². The van der Waals surface area contributed by atoms with Crippen LogP contribution in [0.15, 0.2) is 18.2 Å². The molecule has 1 aromatic rings. The summed E-state index contributed by atoms with van der Waals surface area (Å²) in [6, 6.07) is 4.81. The van der Waals surface area contributed by atoms with E-state index in [-0.39, 0.29) is 36.0 Å². The van der Waals surface area contributed by atoms with E-state index >= 15 is 0 Å². The van der Waals surface area contributed by atoms with Crippen LogP contribution in [-0.2, 0) is 36.9 Å². The Morgan fingerprint density at radius 3 is 2.46 bits per heavy atom. The van der Waals surface area contributed by atoms with Crippen LogP contribution in [-0.4, -0.2) is 64.1 Å². The summed E-state index contributed by atoms with van der Waals surface area (Å²) in [6.07, 6.45) is 2.51. The molecule has 35 heavy (non-hydrogen) atoms. The first-order valence-electron chi connectivity index (χ1n) is 12.3. The zero-order valence-electron chi connectivity index (χ0n) is 20.6. The van der Waals surface area contributed by atoms with Gasteiger partial charge >= 0.3 is 5.97 Å². The molecule has 188 valence electrons. The van der Waals surface area contributed by atoms with Crippen molar-refractivity contribution in [3.05, 3.63) is 34.9 Å². The van der Waals surface area contributed by atoms with Crippen molar-refractivity contribution in [2.45, 2.75) is 77.5 Å². The predicted octanol–water partition coefficient (Wildman–Crippen LogP) is 1.96. The zero-order chi connectivity index (χ0) is 25.3. The van der Waals surface area contributed by atoms with Gasteiger partial charge in [0.15, 0.2) is 0 Å². The van der Waals surface area contributed by atoms with E-state index in [0.29, 0.717) is 57.3 Å². The fourth-order valence-corrected chi connectivity index (χ4v) is 5.03. The van der Waals surface area contributed by atoms with Gasteiger partial charge in [-0.15, -0.1) is 0 Å². The second-order valence-electron chi connectivity index (χ2n) is 10.5. The van der Waals surface area contributed by atoms with E-state index in [2.05, 4.69) is 5.32 Å². The number of imide groups is 1. The number of nitrogens with zero attached hydrogens (tertiary/aromatic N) is 2. The van der Waals surface area contributed by atoms with Crippen molar-refractivity contribution >= 4 is 29.6 Å². The number of carbonyl (C=O) groups excluding carboxylic acids is 5. The molecular weight excluding hydrogens is 450 g/mol. The van der Waals surface area contributed by atoms with Crippen LogP contribution in [0.1, 0.15) is 74.4 Å².